The molecule has 37 heavy (non-hydrogen) atoms. The van der Waals surface area contributed by atoms with Crippen LogP contribution in [0.2, 0.25) is 5.28 Å². The molecule has 194 valence electrons. The van der Waals surface area contributed by atoms with E-state index in [0.717, 1.165) is 23.0 Å². The molecule has 5 rings (SSSR count). The van der Waals surface area contributed by atoms with Crippen molar-refractivity contribution in [2.75, 3.05) is 5.73 Å². The molecule has 1 aliphatic carbocycles. The quantitative estimate of drug-likeness (QED) is 0.192. The lowest BCUT2D eigenvalue weighted by Gasteiger charge is -2.28. The van der Waals surface area contributed by atoms with Crippen LogP contribution in [0.25, 0.3) is 11.2 Å². The number of nitrogens with two attached hydrogens (primary N) is 1. The van der Waals surface area contributed by atoms with Gasteiger partial charge in [0, 0.05) is 6.42 Å². The van der Waals surface area contributed by atoms with Crippen molar-refractivity contribution in [3.63, 3.8) is 0 Å². The molecule has 0 bridgehead atoms. The molecule has 1 saturated heterocycles. The summed E-state index contributed by atoms with van der Waals surface area (Å²) < 4.78 is 27.6. The minimum Gasteiger partial charge on any atom is -0.479 e. The van der Waals surface area contributed by atoms with Crippen LogP contribution >= 0.6 is 11.6 Å². The number of aromatic nitrogens is 4. The first-order valence-corrected chi connectivity index (χ1v) is 10.9. The molecule has 1 saturated carbocycles. The summed E-state index contributed by atoms with van der Waals surface area (Å²) in [5.74, 6) is -5.13. The van der Waals surface area contributed by atoms with Gasteiger partial charge in [-0.15, -0.1) is 0 Å². The van der Waals surface area contributed by atoms with E-state index in [9.17, 15) is 29.7 Å². The Morgan fingerprint density at radius 1 is 1.19 bits per heavy atom. The van der Waals surface area contributed by atoms with E-state index in [2.05, 4.69) is 15.0 Å². The van der Waals surface area contributed by atoms with E-state index >= 15 is 4.39 Å². The lowest BCUT2D eigenvalue weighted by molar-refractivity contribution is -0.194. The Labute approximate surface area is 210 Å². The molecule has 0 spiro atoms. The van der Waals surface area contributed by atoms with Crippen LogP contribution in [0.5, 0.6) is 0 Å². The van der Waals surface area contributed by atoms with Gasteiger partial charge in [0.2, 0.25) is 5.28 Å². The second-order valence-corrected chi connectivity index (χ2v) is 8.93. The Morgan fingerprint density at radius 2 is 1.84 bits per heavy atom. The van der Waals surface area contributed by atoms with Gasteiger partial charge in [-0.2, -0.15) is 9.97 Å². The van der Waals surface area contributed by atoms with Gasteiger partial charge >= 0.3 is 17.9 Å². The molecule has 6 N–H and O–H groups in total. The molecular weight excluding hydrogens is 521 g/mol. The molecule has 1 aromatic carbocycles. The number of carboxylic acid groups (broad SMARTS) is 3. The van der Waals surface area contributed by atoms with Crippen molar-refractivity contribution < 1.29 is 48.7 Å². The summed E-state index contributed by atoms with van der Waals surface area (Å²) >= 11 is 5.82. The van der Waals surface area contributed by atoms with Crippen molar-refractivity contribution in [2.45, 2.75) is 42.2 Å². The number of hydrogen-bond acceptors (Lipinski definition) is 10. The Balaban J connectivity index is 1.40. The monoisotopic (exact) mass is 537 g/mol. The summed E-state index contributed by atoms with van der Waals surface area (Å²) in [5, 5.41) is 39.3. The largest absolute Gasteiger partial charge is 0.479 e. The molecule has 14 nitrogen and oxygen atoms in total. The van der Waals surface area contributed by atoms with Gasteiger partial charge in [-0.05, 0) is 29.3 Å². The van der Waals surface area contributed by atoms with Crippen LogP contribution in [0.1, 0.15) is 22.1 Å². The third kappa shape index (κ3) is 3.66. The molecule has 2 aliphatic rings. The number of aliphatic hydroxyl groups is 1. The van der Waals surface area contributed by atoms with Crippen LogP contribution in [0.15, 0.2) is 30.6 Å². The number of aliphatic carboxylic acids is 2. The fraction of sp³-hybridized carbons (Fsp3) is 0.333. The molecule has 2 fully saturated rings. The number of hydrogen-bond donors (Lipinski definition) is 5. The minimum atomic E-state index is -2.94. The Hall–Kier alpha value is -3.92. The number of fused-ring (bicyclic) bond motifs is 2. The number of anilines is 1. The molecule has 1 aliphatic heterocycles. The predicted molar refractivity (Wildman–Crippen MR) is 118 cm³/mol. The number of benzene rings is 1. The first-order chi connectivity index (χ1) is 17.4. The highest BCUT2D eigenvalue weighted by Gasteiger charge is 2.80. The molecule has 1 unspecified atom stereocenters. The zero-order valence-electron chi connectivity index (χ0n) is 18.4. The second kappa shape index (κ2) is 8.31. The number of carbonyl (C=O) groups is 3. The van der Waals surface area contributed by atoms with Crippen molar-refractivity contribution in [1.29, 1.82) is 0 Å². The lowest BCUT2D eigenvalue weighted by Crippen LogP contribution is -2.53. The molecule has 0 radical (unpaired) electrons. The number of halogens is 2. The number of alkyl halides is 1. The number of nitrogen functional groups attached to an aromatic ring is 1. The van der Waals surface area contributed by atoms with Gasteiger partial charge in [-0.3, -0.25) is 4.57 Å². The zero-order valence-corrected chi connectivity index (χ0v) is 19.1. The maximum absolute atomic E-state index is 15.5. The van der Waals surface area contributed by atoms with Crippen LogP contribution in [-0.4, -0.2) is 87.4 Å². The van der Waals surface area contributed by atoms with E-state index in [0.29, 0.717) is 0 Å². The van der Waals surface area contributed by atoms with E-state index in [1.165, 1.54) is 12.1 Å². The van der Waals surface area contributed by atoms with E-state index < -0.39 is 60.1 Å². The van der Waals surface area contributed by atoms with Crippen LogP contribution in [0.4, 0.5) is 10.2 Å². The fourth-order valence-corrected chi connectivity index (χ4v) is 4.56. The fourth-order valence-electron chi connectivity index (χ4n) is 4.39. The third-order valence-electron chi connectivity index (χ3n) is 6.42. The standard InChI is InChI=1S/C21H17ClFN5O9/c22-19-26-13(24)9-14(27-19)28(6-25-9)15-10(23)21(35)11(36-15)12(21)37-20(17(31)32,18(33)34)5-7-1-3-8(4-2-7)16(29)30/h1-4,6,10-12,15,35H,5H2,(H,29,30)(H,31,32)(H,33,34)(H2,24,26,27)/t10-,11-,12?,15-,21+/m1/s1. The molecule has 3 aromatic rings. The van der Waals surface area contributed by atoms with Crippen LogP contribution in [0, 0.1) is 0 Å². The molecule has 2 aromatic heterocycles. The Bertz CT molecular complexity index is 1440. The highest BCUT2D eigenvalue weighted by molar-refractivity contribution is 6.28. The van der Waals surface area contributed by atoms with Crippen LogP contribution < -0.4 is 5.73 Å². The number of nitrogens with zero attached hydrogens (tertiary/aromatic N) is 4. The van der Waals surface area contributed by atoms with E-state index in [1.54, 1.807) is 0 Å². The number of ether oxygens (including phenoxy) is 2. The zero-order chi connectivity index (χ0) is 26.9. The van der Waals surface area contributed by atoms with Gasteiger partial charge in [0.1, 0.15) is 17.7 Å². The maximum Gasteiger partial charge on any atom is 0.348 e. The molecule has 3 heterocycles. The number of aromatic carboxylic acids is 1. The summed E-state index contributed by atoms with van der Waals surface area (Å²) in [5.41, 5.74) is 0.550. The van der Waals surface area contributed by atoms with Crippen molar-refractivity contribution in [3.05, 3.63) is 47.0 Å². The summed E-state index contributed by atoms with van der Waals surface area (Å²) in [6.07, 6.45) is -6.39. The summed E-state index contributed by atoms with van der Waals surface area (Å²) in [7, 11) is 0. The van der Waals surface area contributed by atoms with E-state index in [1.807, 2.05) is 0 Å². The highest BCUT2D eigenvalue weighted by Crippen LogP contribution is 2.58. The first-order valence-electron chi connectivity index (χ1n) is 10.5. The number of rotatable bonds is 8. The SMILES string of the molecule is Nc1nc(Cl)nc2c1ncn2[C@@H]1O[C@@H]2C(OC(Cc3ccc(C(=O)O)cc3)(C(=O)O)C(=O)O)[C@]2(O)[C@@H]1F. The predicted octanol–water partition coefficient (Wildman–Crippen LogP) is 0.276. The van der Waals surface area contributed by atoms with Gasteiger partial charge in [-0.1, -0.05) is 12.1 Å². The van der Waals surface area contributed by atoms with Crippen molar-refractivity contribution in [1.82, 2.24) is 19.5 Å². The second-order valence-electron chi connectivity index (χ2n) is 8.59. The summed E-state index contributed by atoms with van der Waals surface area (Å²) in [6.45, 7) is 0. The summed E-state index contributed by atoms with van der Waals surface area (Å²) in [4.78, 5) is 46.9. The topological polar surface area (TPSA) is 220 Å². The molecule has 5 atom stereocenters. The Kier molecular flexibility index (Phi) is 5.56. The van der Waals surface area contributed by atoms with E-state index in [-0.39, 0.29) is 33.4 Å². The first kappa shape index (κ1) is 24.8. The van der Waals surface area contributed by atoms with Gasteiger partial charge in [0.05, 0.1) is 11.9 Å². The minimum absolute atomic E-state index is 0.0164. The van der Waals surface area contributed by atoms with Crippen LogP contribution in [0.3, 0.4) is 0 Å². The van der Waals surface area contributed by atoms with Gasteiger partial charge in [-0.25, -0.2) is 23.8 Å². The molecular formula is C21H17ClFN5O9. The number of imidazole rings is 1. The van der Waals surface area contributed by atoms with Crippen molar-refractivity contribution in [2.24, 2.45) is 0 Å². The normalized spacial score (nSPS) is 26.7. The van der Waals surface area contributed by atoms with Crippen molar-refractivity contribution >= 4 is 46.5 Å². The van der Waals surface area contributed by atoms with Crippen molar-refractivity contribution in [3.8, 4) is 0 Å². The van der Waals surface area contributed by atoms with Gasteiger partial charge in [0.15, 0.2) is 29.5 Å². The highest BCUT2D eigenvalue weighted by atomic mass is 35.5. The van der Waals surface area contributed by atoms with Gasteiger partial charge in [0.25, 0.3) is 5.60 Å². The molecule has 0 amide bonds. The maximum atomic E-state index is 15.5. The molecule has 16 heteroatoms. The lowest BCUT2D eigenvalue weighted by atomic mass is 9.93. The van der Waals surface area contributed by atoms with E-state index in [4.69, 9.17) is 31.9 Å². The number of carboxylic acids is 3. The average molecular weight is 538 g/mol. The van der Waals surface area contributed by atoms with Gasteiger partial charge < -0.3 is 35.6 Å². The smallest absolute Gasteiger partial charge is 0.348 e. The summed E-state index contributed by atoms with van der Waals surface area (Å²) in [6, 6.07) is 4.77. The Morgan fingerprint density at radius 3 is 2.38 bits per heavy atom. The third-order valence-corrected chi connectivity index (χ3v) is 6.59. The average Bonchev–Trinajstić information content (AvgIpc) is 3.07. The van der Waals surface area contributed by atoms with Crippen LogP contribution in [-0.2, 0) is 25.5 Å².